The summed E-state index contributed by atoms with van der Waals surface area (Å²) in [5.74, 6) is 0.107. The molecule has 1 fully saturated rings. The molecular formula is C9H15N3O. The summed E-state index contributed by atoms with van der Waals surface area (Å²) in [4.78, 5) is 13.2. The molecule has 72 valence electrons. The Bertz CT molecular complexity index is 221. The van der Waals surface area contributed by atoms with E-state index >= 15 is 0 Å². The average molecular weight is 181 g/mol. The summed E-state index contributed by atoms with van der Waals surface area (Å²) in [5, 5.41) is 11.9. The Hall–Kier alpha value is -1.08. The number of nitrogens with zero attached hydrogens (tertiary/aromatic N) is 2. The number of carbonyl (C=O) groups is 1. The van der Waals surface area contributed by atoms with Crippen molar-refractivity contribution in [3.8, 4) is 6.07 Å². The predicted molar refractivity (Wildman–Crippen MR) is 48.9 cm³/mol. The van der Waals surface area contributed by atoms with Gasteiger partial charge in [0.25, 0.3) is 0 Å². The lowest BCUT2D eigenvalue weighted by Gasteiger charge is -2.31. The average Bonchev–Trinajstić information content (AvgIpc) is 2.18. The minimum atomic E-state index is -0.271. The normalized spacial score (nSPS) is 22.5. The van der Waals surface area contributed by atoms with Crippen LogP contribution in [-0.4, -0.2) is 36.5 Å². The number of amides is 1. The van der Waals surface area contributed by atoms with E-state index in [2.05, 4.69) is 11.4 Å². The number of nitrogens with one attached hydrogen (secondary N) is 1. The van der Waals surface area contributed by atoms with Gasteiger partial charge in [0.2, 0.25) is 5.91 Å². The fourth-order valence-corrected chi connectivity index (χ4v) is 1.48. The molecule has 1 saturated heterocycles. The van der Waals surface area contributed by atoms with Gasteiger partial charge < -0.3 is 10.2 Å². The van der Waals surface area contributed by atoms with E-state index in [0.717, 1.165) is 13.0 Å². The molecule has 1 N–H and O–H groups in total. The molecule has 4 nitrogen and oxygen atoms in total. The van der Waals surface area contributed by atoms with E-state index in [-0.39, 0.29) is 11.9 Å². The lowest BCUT2D eigenvalue weighted by atomic mass is 10.2. The summed E-state index contributed by atoms with van der Waals surface area (Å²) in [7, 11) is 0. The topological polar surface area (TPSA) is 56.1 Å². The molecule has 0 aromatic rings. The van der Waals surface area contributed by atoms with Gasteiger partial charge in [-0.25, -0.2) is 0 Å². The molecule has 0 aromatic carbocycles. The van der Waals surface area contributed by atoms with Crippen molar-refractivity contribution in [2.75, 3.05) is 19.6 Å². The van der Waals surface area contributed by atoms with Crippen LogP contribution in [0.1, 0.15) is 19.8 Å². The molecule has 1 aliphatic rings. The molecule has 0 spiro atoms. The van der Waals surface area contributed by atoms with Gasteiger partial charge in [0.1, 0.15) is 6.04 Å². The van der Waals surface area contributed by atoms with Crippen molar-refractivity contribution in [2.24, 2.45) is 0 Å². The lowest BCUT2D eigenvalue weighted by Crippen LogP contribution is -2.52. The number of hydrogen-bond donors (Lipinski definition) is 1. The van der Waals surface area contributed by atoms with Gasteiger partial charge in [0.15, 0.2) is 0 Å². The van der Waals surface area contributed by atoms with Crippen LogP contribution in [0.15, 0.2) is 0 Å². The Balaban J connectivity index is 2.54. The van der Waals surface area contributed by atoms with Crippen molar-refractivity contribution < 1.29 is 4.79 Å². The second-order valence-electron chi connectivity index (χ2n) is 3.19. The quantitative estimate of drug-likeness (QED) is 0.658. The van der Waals surface area contributed by atoms with Crippen molar-refractivity contribution >= 4 is 5.91 Å². The molecule has 0 saturated carbocycles. The maximum Gasteiger partial charge on any atom is 0.223 e. The molecule has 4 heteroatoms. The number of hydrogen-bond acceptors (Lipinski definition) is 3. The highest BCUT2D eigenvalue weighted by Gasteiger charge is 2.25. The molecule has 1 aliphatic heterocycles. The molecule has 13 heavy (non-hydrogen) atoms. The summed E-state index contributed by atoms with van der Waals surface area (Å²) >= 11 is 0. The zero-order valence-corrected chi connectivity index (χ0v) is 7.92. The van der Waals surface area contributed by atoms with Crippen LogP contribution in [0.4, 0.5) is 0 Å². The van der Waals surface area contributed by atoms with Crippen LogP contribution in [-0.2, 0) is 4.79 Å². The third-order valence-corrected chi connectivity index (χ3v) is 2.18. The molecule has 1 atom stereocenters. The lowest BCUT2D eigenvalue weighted by molar-refractivity contribution is -0.133. The zero-order valence-electron chi connectivity index (χ0n) is 7.92. The Kier molecular flexibility index (Phi) is 3.71. The minimum Gasteiger partial charge on any atom is -0.324 e. The molecule has 1 amide bonds. The maximum atomic E-state index is 11.5. The molecule has 0 radical (unpaired) electrons. The van der Waals surface area contributed by atoms with E-state index in [1.165, 1.54) is 0 Å². The summed E-state index contributed by atoms with van der Waals surface area (Å²) in [6.07, 6.45) is 1.40. The van der Waals surface area contributed by atoms with Crippen LogP contribution in [0.25, 0.3) is 0 Å². The highest BCUT2D eigenvalue weighted by Crippen LogP contribution is 2.05. The van der Waals surface area contributed by atoms with Gasteiger partial charge in [-0.05, 0) is 6.42 Å². The van der Waals surface area contributed by atoms with Gasteiger partial charge in [-0.3, -0.25) is 4.79 Å². The van der Waals surface area contributed by atoms with E-state index in [4.69, 9.17) is 5.26 Å². The van der Waals surface area contributed by atoms with E-state index in [9.17, 15) is 4.79 Å². The fraction of sp³-hybridized carbons (Fsp3) is 0.778. The van der Waals surface area contributed by atoms with Gasteiger partial charge >= 0.3 is 0 Å². The standard InChI is InChI=1S/C9H15N3O/c1-2-3-9(13)12-5-4-11-7-8(12)6-10/h8,11H,2-5,7H2,1H3. The van der Waals surface area contributed by atoms with Crippen LogP contribution in [0.2, 0.25) is 0 Å². The van der Waals surface area contributed by atoms with Gasteiger partial charge in [0.05, 0.1) is 6.07 Å². The second kappa shape index (κ2) is 4.83. The molecule has 0 bridgehead atoms. The summed E-state index contributed by atoms with van der Waals surface area (Å²) < 4.78 is 0. The number of nitriles is 1. The second-order valence-corrected chi connectivity index (χ2v) is 3.19. The van der Waals surface area contributed by atoms with E-state index in [0.29, 0.717) is 19.5 Å². The van der Waals surface area contributed by atoms with Gasteiger partial charge in [-0.2, -0.15) is 5.26 Å². The SMILES string of the molecule is CCCC(=O)N1CCNCC1C#N. The van der Waals surface area contributed by atoms with Crippen LogP contribution in [0.5, 0.6) is 0 Å². The number of piperazine rings is 1. The van der Waals surface area contributed by atoms with Crippen LogP contribution in [0.3, 0.4) is 0 Å². The zero-order chi connectivity index (χ0) is 9.68. The first-order valence-corrected chi connectivity index (χ1v) is 4.69. The third kappa shape index (κ3) is 2.43. The third-order valence-electron chi connectivity index (χ3n) is 2.18. The summed E-state index contributed by atoms with van der Waals surface area (Å²) in [6, 6.07) is 1.87. The summed E-state index contributed by atoms with van der Waals surface area (Å²) in [6.45, 7) is 4.04. The van der Waals surface area contributed by atoms with Crippen molar-refractivity contribution in [1.29, 1.82) is 5.26 Å². The van der Waals surface area contributed by atoms with Crippen LogP contribution >= 0.6 is 0 Å². The first-order valence-electron chi connectivity index (χ1n) is 4.69. The van der Waals surface area contributed by atoms with Crippen molar-refractivity contribution in [3.05, 3.63) is 0 Å². The van der Waals surface area contributed by atoms with Gasteiger partial charge in [0, 0.05) is 26.1 Å². The Morgan fingerprint density at radius 2 is 2.54 bits per heavy atom. The maximum absolute atomic E-state index is 11.5. The smallest absolute Gasteiger partial charge is 0.223 e. The first kappa shape index (κ1) is 10.0. The van der Waals surface area contributed by atoms with Crippen LogP contribution < -0.4 is 5.32 Å². The molecule has 0 aliphatic carbocycles. The Morgan fingerprint density at radius 3 is 3.15 bits per heavy atom. The number of carbonyl (C=O) groups excluding carboxylic acids is 1. The van der Waals surface area contributed by atoms with E-state index in [1.807, 2.05) is 6.92 Å². The Morgan fingerprint density at radius 1 is 1.77 bits per heavy atom. The highest BCUT2D eigenvalue weighted by molar-refractivity contribution is 5.77. The van der Waals surface area contributed by atoms with E-state index < -0.39 is 0 Å². The first-order chi connectivity index (χ1) is 6.29. The minimum absolute atomic E-state index is 0.107. The Labute approximate surface area is 78.5 Å². The van der Waals surface area contributed by atoms with E-state index in [1.54, 1.807) is 4.90 Å². The monoisotopic (exact) mass is 181 g/mol. The van der Waals surface area contributed by atoms with Crippen LogP contribution in [0, 0.1) is 11.3 Å². The van der Waals surface area contributed by atoms with Gasteiger partial charge in [-0.1, -0.05) is 6.92 Å². The molecule has 1 rings (SSSR count). The molecule has 1 unspecified atom stereocenters. The van der Waals surface area contributed by atoms with Gasteiger partial charge in [-0.15, -0.1) is 0 Å². The molecule has 0 aromatic heterocycles. The number of rotatable bonds is 2. The van der Waals surface area contributed by atoms with Crippen molar-refractivity contribution in [2.45, 2.75) is 25.8 Å². The van der Waals surface area contributed by atoms with Crippen molar-refractivity contribution in [1.82, 2.24) is 10.2 Å². The highest BCUT2D eigenvalue weighted by atomic mass is 16.2. The summed E-state index contributed by atoms with van der Waals surface area (Å²) in [5.41, 5.74) is 0. The largest absolute Gasteiger partial charge is 0.324 e. The van der Waals surface area contributed by atoms with Crippen molar-refractivity contribution in [3.63, 3.8) is 0 Å². The predicted octanol–water partition coefficient (Wildman–Crippen LogP) is 0.110. The molecule has 1 heterocycles. The fourth-order valence-electron chi connectivity index (χ4n) is 1.48. The molecular weight excluding hydrogens is 166 g/mol.